The van der Waals surface area contributed by atoms with E-state index in [1.807, 2.05) is 43.3 Å². The molecule has 0 saturated carbocycles. The molecule has 1 aliphatic heterocycles. The van der Waals surface area contributed by atoms with Crippen molar-refractivity contribution in [1.29, 1.82) is 0 Å². The summed E-state index contributed by atoms with van der Waals surface area (Å²) in [4.78, 5) is 38.2. The molecule has 10 nitrogen and oxygen atoms in total. The van der Waals surface area contributed by atoms with Crippen LogP contribution in [0.5, 0.6) is 0 Å². The number of aliphatic hydroxyl groups excluding tert-OH is 1. The van der Waals surface area contributed by atoms with Crippen molar-refractivity contribution in [2.45, 2.75) is 44.9 Å². The lowest BCUT2D eigenvalue weighted by Crippen LogP contribution is -2.48. The number of hydrogen-bond donors (Lipinski definition) is 4. The van der Waals surface area contributed by atoms with E-state index in [4.69, 9.17) is 0 Å². The van der Waals surface area contributed by atoms with Crippen LogP contribution in [-0.4, -0.2) is 53.6 Å². The average Bonchev–Trinajstić information content (AvgIpc) is 3.39. The molecule has 210 valence electrons. The van der Waals surface area contributed by atoms with Crippen molar-refractivity contribution in [2.75, 3.05) is 29.9 Å². The number of anilines is 2. The van der Waals surface area contributed by atoms with E-state index in [1.165, 1.54) is 12.1 Å². The van der Waals surface area contributed by atoms with Crippen molar-refractivity contribution in [1.82, 2.24) is 10.6 Å². The van der Waals surface area contributed by atoms with Crippen LogP contribution in [0.2, 0.25) is 0 Å². The number of carbonyl (C=O) groups is 2. The number of nitrogens with zero attached hydrogens (tertiary/aromatic N) is 2. The van der Waals surface area contributed by atoms with Gasteiger partial charge in [-0.25, -0.2) is 0 Å². The lowest BCUT2D eigenvalue weighted by atomic mass is 10.00. The van der Waals surface area contributed by atoms with Crippen LogP contribution >= 0.6 is 0 Å². The second-order valence-corrected chi connectivity index (χ2v) is 9.84. The van der Waals surface area contributed by atoms with Crippen molar-refractivity contribution < 1.29 is 19.6 Å². The predicted octanol–water partition coefficient (Wildman–Crippen LogP) is 3.65. The highest BCUT2D eigenvalue weighted by atomic mass is 16.6. The molecule has 10 heteroatoms. The zero-order valence-electron chi connectivity index (χ0n) is 22.5. The van der Waals surface area contributed by atoms with Crippen molar-refractivity contribution in [3.8, 4) is 0 Å². The Morgan fingerprint density at radius 3 is 2.55 bits per heavy atom. The minimum atomic E-state index is -0.945. The first kappa shape index (κ1) is 28.7. The Bertz CT molecular complexity index is 1330. The molecule has 0 aliphatic carbocycles. The topological polar surface area (TPSA) is 137 Å². The number of nitro groups is 1. The number of aliphatic hydroxyl groups is 1. The van der Waals surface area contributed by atoms with Gasteiger partial charge in [-0.05, 0) is 49.1 Å². The lowest BCUT2D eigenvalue weighted by Gasteiger charge is -2.25. The van der Waals surface area contributed by atoms with Crippen LogP contribution in [0, 0.1) is 10.1 Å². The number of amides is 2. The summed E-state index contributed by atoms with van der Waals surface area (Å²) in [5.74, 6) is -0.321. The van der Waals surface area contributed by atoms with E-state index < -0.39 is 17.1 Å². The Morgan fingerprint density at radius 2 is 1.85 bits per heavy atom. The van der Waals surface area contributed by atoms with Crippen LogP contribution in [0.15, 0.2) is 72.8 Å². The summed E-state index contributed by atoms with van der Waals surface area (Å²) in [7, 11) is 0. The second kappa shape index (κ2) is 13.7. The van der Waals surface area contributed by atoms with Crippen molar-refractivity contribution in [2.24, 2.45) is 0 Å². The molecule has 1 saturated heterocycles. The van der Waals surface area contributed by atoms with Crippen molar-refractivity contribution in [3.63, 3.8) is 0 Å². The third-order valence-corrected chi connectivity index (χ3v) is 6.83. The van der Waals surface area contributed by atoms with Gasteiger partial charge >= 0.3 is 0 Å². The highest BCUT2D eigenvalue weighted by molar-refractivity contribution is 6.00. The maximum Gasteiger partial charge on any atom is 0.269 e. The Hall–Kier alpha value is -4.28. The molecule has 2 amide bonds. The van der Waals surface area contributed by atoms with Crippen LogP contribution in [-0.2, 0) is 17.8 Å². The maximum atomic E-state index is 13.5. The summed E-state index contributed by atoms with van der Waals surface area (Å²) in [6.07, 6.45) is 0.720. The molecule has 1 aliphatic rings. The fourth-order valence-corrected chi connectivity index (χ4v) is 4.82. The monoisotopic (exact) mass is 545 g/mol. The maximum absolute atomic E-state index is 13.5. The van der Waals surface area contributed by atoms with Gasteiger partial charge in [-0.1, -0.05) is 42.5 Å². The Labute approximate surface area is 233 Å². The number of nitro benzene ring substituents is 1. The number of benzene rings is 3. The van der Waals surface area contributed by atoms with Gasteiger partial charge in [0.1, 0.15) is 0 Å². The summed E-state index contributed by atoms with van der Waals surface area (Å²) in [5.41, 5.74) is 3.48. The van der Waals surface area contributed by atoms with Gasteiger partial charge in [0, 0.05) is 61.7 Å². The van der Waals surface area contributed by atoms with Gasteiger partial charge in [0.2, 0.25) is 5.91 Å². The van der Waals surface area contributed by atoms with Crippen LogP contribution in [0.3, 0.4) is 0 Å². The molecule has 4 rings (SSSR count). The van der Waals surface area contributed by atoms with Crippen molar-refractivity contribution in [3.05, 3.63) is 99.6 Å². The minimum absolute atomic E-state index is 0.00357. The predicted molar refractivity (Wildman–Crippen MR) is 154 cm³/mol. The lowest BCUT2D eigenvalue weighted by molar-refractivity contribution is -0.384. The Balaban J connectivity index is 1.49. The highest BCUT2D eigenvalue weighted by Gasteiger charge is 2.26. The third-order valence-electron chi connectivity index (χ3n) is 6.83. The van der Waals surface area contributed by atoms with E-state index in [9.17, 15) is 24.8 Å². The molecule has 0 aromatic heterocycles. The first-order chi connectivity index (χ1) is 19.3. The second-order valence-electron chi connectivity index (χ2n) is 9.84. The molecule has 0 radical (unpaired) electrons. The van der Waals surface area contributed by atoms with Gasteiger partial charge in [-0.2, -0.15) is 0 Å². The molecule has 3 aromatic carbocycles. The molecule has 0 unspecified atom stereocenters. The van der Waals surface area contributed by atoms with Gasteiger partial charge in [-0.3, -0.25) is 19.7 Å². The fourth-order valence-electron chi connectivity index (χ4n) is 4.82. The van der Waals surface area contributed by atoms with E-state index in [-0.39, 0.29) is 24.0 Å². The minimum Gasteiger partial charge on any atom is -0.390 e. The standard InChI is InChI=1S/C30H35N5O5/c1-2-32-24-16-23(17-26(18-24)34-13-7-12-29(34)37)30(38)33-27(15-21-8-4-3-5-9-21)28(36)20-31-19-22-10-6-11-25(14-22)35(39)40/h3-6,8-11,14,16-18,27-28,31-32,36H,2,7,12-13,15,19-20H2,1H3,(H,33,38)/t27-,28+/m0/s1. The van der Waals surface area contributed by atoms with Crippen LogP contribution in [0.25, 0.3) is 0 Å². The Morgan fingerprint density at radius 1 is 1.07 bits per heavy atom. The van der Waals surface area contributed by atoms with Crippen LogP contribution < -0.4 is 20.9 Å². The van der Waals surface area contributed by atoms with Crippen LogP contribution in [0.1, 0.15) is 41.3 Å². The first-order valence-corrected chi connectivity index (χ1v) is 13.5. The van der Waals surface area contributed by atoms with E-state index >= 15 is 0 Å². The number of rotatable bonds is 13. The largest absolute Gasteiger partial charge is 0.390 e. The van der Waals surface area contributed by atoms with Crippen molar-refractivity contribution >= 4 is 28.9 Å². The highest BCUT2D eigenvalue weighted by Crippen LogP contribution is 2.27. The quantitative estimate of drug-likeness (QED) is 0.190. The molecule has 0 spiro atoms. The van der Waals surface area contributed by atoms with Gasteiger partial charge in [0.15, 0.2) is 0 Å². The number of hydrogen-bond acceptors (Lipinski definition) is 7. The van der Waals surface area contributed by atoms with Gasteiger partial charge in [-0.15, -0.1) is 0 Å². The molecule has 4 N–H and O–H groups in total. The smallest absolute Gasteiger partial charge is 0.269 e. The molecule has 40 heavy (non-hydrogen) atoms. The average molecular weight is 546 g/mol. The normalized spacial score (nSPS) is 14.6. The first-order valence-electron chi connectivity index (χ1n) is 13.5. The summed E-state index contributed by atoms with van der Waals surface area (Å²) in [6, 6.07) is 20.6. The Kier molecular flexibility index (Phi) is 9.82. The molecule has 0 bridgehead atoms. The zero-order chi connectivity index (χ0) is 28.5. The number of non-ortho nitro benzene ring substituents is 1. The van der Waals surface area contributed by atoms with Crippen LogP contribution in [0.4, 0.5) is 17.1 Å². The molecule has 3 aromatic rings. The zero-order valence-corrected chi connectivity index (χ0v) is 22.5. The summed E-state index contributed by atoms with van der Waals surface area (Å²) in [5, 5.41) is 31.6. The molecule has 1 heterocycles. The van der Waals surface area contributed by atoms with E-state index in [0.29, 0.717) is 49.3 Å². The van der Waals surface area contributed by atoms with Gasteiger partial charge < -0.3 is 26.0 Å². The molecule has 2 atom stereocenters. The van der Waals surface area contributed by atoms with Gasteiger partial charge in [0.05, 0.1) is 17.1 Å². The van der Waals surface area contributed by atoms with E-state index in [0.717, 1.165) is 17.7 Å². The van der Waals surface area contributed by atoms with Gasteiger partial charge in [0.25, 0.3) is 11.6 Å². The molecular formula is C30H35N5O5. The number of carbonyl (C=O) groups excluding carboxylic acids is 2. The molecular weight excluding hydrogens is 510 g/mol. The number of nitrogens with one attached hydrogen (secondary N) is 3. The van der Waals surface area contributed by atoms with E-state index in [1.54, 1.807) is 29.2 Å². The molecule has 1 fully saturated rings. The summed E-state index contributed by atoms with van der Waals surface area (Å²) in [6.45, 7) is 3.71. The fraction of sp³-hybridized carbons (Fsp3) is 0.333. The summed E-state index contributed by atoms with van der Waals surface area (Å²) >= 11 is 0. The summed E-state index contributed by atoms with van der Waals surface area (Å²) < 4.78 is 0. The third kappa shape index (κ3) is 7.64. The van der Waals surface area contributed by atoms with E-state index in [2.05, 4.69) is 16.0 Å². The SMILES string of the molecule is CCNc1cc(C(=O)N[C@@H](Cc2ccccc2)[C@H](O)CNCc2cccc([N+](=O)[O-])c2)cc(N2CCCC2=O)c1.